The van der Waals surface area contributed by atoms with Gasteiger partial charge in [0.05, 0.1) is 16.8 Å². The molecule has 1 heterocycles. The van der Waals surface area contributed by atoms with E-state index in [0.717, 1.165) is 22.3 Å². The number of rotatable bonds is 3. The molecule has 4 aromatic rings. The van der Waals surface area contributed by atoms with Crippen LogP contribution in [0, 0.1) is 22.7 Å². The van der Waals surface area contributed by atoms with E-state index in [9.17, 15) is 10.5 Å². The Kier molecular flexibility index (Phi) is 4.27. The first kappa shape index (κ1) is 16.4. The fourth-order valence-electron chi connectivity index (χ4n) is 3.33. The van der Waals surface area contributed by atoms with Gasteiger partial charge in [-0.1, -0.05) is 60.7 Å². The van der Waals surface area contributed by atoms with Gasteiger partial charge in [0.1, 0.15) is 12.1 Å². The molecule has 0 aliphatic carbocycles. The van der Waals surface area contributed by atoms with Gasteiger partial charge in [-0.05, 0) is 29.3 Å². The Hall–Kier alpha value is -4.08. The minimum atomic E-state index is 0.494. The van der Waals surface area contributed by atoms with Gasteiger partial charge >= 0.3 is 0 Å². The summed E-state index contributed by atoms with van der Waals surface area (Å²) in [5.41, 5.74) is 5.14. The van der Waals surface area contributed by atoms with E-state index in [1.807, 2.05) is 95.8 Å². The molecule has 1 aromatic heterocycles. The minimum absolute atomic E-state index is 0.494. The summed E-state index contributed by atoms with van der Waals surface area (Å²) in [6.07, 6.45) is 3.72. The summed E-state index contributed by atoms with van der Waals surface area (Å²) in [6, 6.07) is 30.0. The van der Waals surface area contributed by atoms with Crippen LogP contribution >= 0.6 is 0 Å². The Morgan fingerprint density at radius 2 is 1.04 bits per heavy atom. The van der Waals surface area contributed by atoms with Gasteiger partial charge in [-0.3, -0.25) is 0 Å². The zero-order valence-electron chi connectivity index (χ0n) is 14.5. The second-order valence-electron chi connectivity index (χ2n) is 6.12. The van der Waals surface area contributed by atoms with Crippen molar-refractivity contribution >= 4 is 0 Å². The maximum atomic E-state index is 9.97. The Balaban J connectivity index is 2.15. The van der Waals surface area contributed by atoms with Crippen molar-refractivity contribution in [2.75, 3.05) is 0 Å². The zero-order chi connectivity index (χ0) is 18.6. The van der Waals surface area contributed by atoms with Gasteiger partial charge in [-0.25, -0.2) is 0 Å². The van der Waals surface area contributed by atoms with Crippen molar-refractivity contribution < 1.29 is 0 Å². The van der Waals surface area contributed by atoms with Gasteiger partial charge < -0.3 is 4.57 Å². The van der Waals surface area contributed by atoms with E-state index in [1.165, 1.54) is 0 Å². The topological polar surface area (TPSA) is 52.5 Å². The maximum absolute atomic E-state index is 9.97. The predicted octanol–water partition coefficient (Wildman–Crippen LogP) is 5.55. The number of nitrogens with zero attached hydrogens (tertiary/aromatic N) is 3. The average Bonchev–Trinajstić information content (AvgIpc) is 3.28. The van der Waals surface area contributed by atoms with Gasteiger partial charge in [-0.2, -0.15) is 10.5 Å². The summed E-state index contributed by atoms with van der Waals surface area (Å²) < 4.78 is 1.84. The molecule has 0 saturated heterocycles. The van der Waals surface area contributed by atoms with Crippen LogP contribution in [0.2, 0.25) is 0 Å². The molecule has 0 saturated carbocycles. The minimum Gasteiger partial charge on any atom is -0.321 e. The smallest absolute Gasteiger partial charge is 0.102 e. The van der Waals surface area contributed by atoms with Crippen LogP contribution in [-0.2, 0) is 0 Å². The lowest BCUT2D eigenvalue weighted by Crippen LogP contribution is -2.03. The Bertz CT molecular complexity index is 1080. The first-order valence-electron chi connectivity index (χ1n) is 8.59. The summed E-state index contributed by atoms with van der Waals surface area (Å²) in [6.45, 7) is 0. The van der Waals surface area contributed by atoms with Crippen LogP contribution in [0.4, 0.5) is 0 Å². The molecule has 0 atom stereocenters. The number of hydrogen-bond acceptors (Lipinski definition) is 2. The van der Waals surface area contributed by atoms with Crippen LogP contribution in [0.25, 0.3) is 27.9 Å². The van der Waals surface area contributed by atoms with Crippen LogP contribution < -0.4 is 0 Å². The van der Waals surface area contributed by atoms with Crippen molar-refractivity contribution in [2.45, 2.75) is 0 Å². The van der Waals surface area contributed by atoms with Crippen LogP contribution in [0.15, 0.2) is 91.3 Å². The molecule has 0 unspecified atom stereocenters. The highest BCUT2D eigenvalue weighted by molar-refractivity contribution is 5.87. The zero-order valence-corrected chi connectivity index (χ0v) is 14.5. The first-order valence-corrected chi connectivity index (χ1v) is 8.59. The molecule has 4 rings (SSSR count). The van der Waals surface area contributed by atoms with Crippen LogP contribution in [0.1, 0.15) is 11.1 Å². The van der Waals surface area contributed by atoms with Gasteiger partial charge in [0.15, 0.2) is 0 Å². The highest BCUT2D eigenvalue weighted by Gasteiger charge is 2.21. The third-order valence-electron chi connectivity index (χ3n) is 4.56. The van der Waals surface area contributed by atoms with Gasteiger partial charge in [0.2, 0.25) is 0 Å². The summed E-state index contributed by atoms with van der Waals surface area (Å²) in [4.78, 5) is 0. The molecule has 0 fully saturated rings. The molecule has 0 aliphatic rings. The molecular formula is C24H15N3. The largest absolute Gasteiger partial charge is 0.321 e. The average molecular weight is 345 g/mol. The standard InChI is InChI=1S/C24H15N3/c25-16-22-20(18-9-3-1-4-10-18)15-21(19-11-5-2-6-12-19)23(17-26)24(22)27-13-7-8-14-27/h1-15H. The highest BCUT2D eigenvalue weighted by atomic mass is 14.9. The van der Waals surface area contributed by atoms with E-state index in [4.69, 9.17) is 0 Å². The molecule has 0 aliphatic heterocycles. The summed E-state index contributed by atoms with van der Waals surface area (Å²) in [5.74, 6) is 0. The Labute approximate surface area is 158 Å². The molecule has 126 valence electrons. The fraction of sp³-hybridized carbons (Fsp3) is 0. The summed E-state index contributed by atoms with van der Waals surface area (Å²) >= 11 is 0. The lowest BCUT2D eigenvalue weighted by Gasteiger charge is -2.17. The van der Waals surface area contributed by atoms with Crippen molar-refractivity contribution in [1.29, 1.82) is 10.5 Å². The molecule has 27 heavy (non-hydrogen) atoms. The fourth-order valence-corrected chi connectivity index (χ4v) is 3.33. The molecule has 3 nitrogen and oxygen atoms in total. The SMILES string of the molecule is N#Cc1c(-c2ccccc2)cc(-c2ccccc2)c(C#N)c1-n1cccc1. The van der Waals surface area contributed by atoms with E-state index in [-0.39, 0.29) is 0 Å². The van der Waals surface area contributed by atoms with Gasteiger partial charge in [-0.15, -0.1) is 0 Å². The Morgan fingerprint density at radius 1 is 0.593 bits per heavy atom. The quantitative estimate of drug-likeness (QED) is 0.488. The predicted molar refractivity (Wildman–Crippen MR) is 106 cm³/mol. The lowest BCUT2D eigenvalue weighted by molar-refractivity contribution is 1.07. The van der Waals surface area contributed by atoms with Crippen molar-refractivity contribution in [3.05, 3.63) is 102 Å². The normalized spacial score (nSPS) is 10.1. The van der Waals surface area contributed by atoms with Crippen LogP contribution in [0.5, 0.6) is 0 Å². The van der Waals surface area contributed by atoms with Crippen molar-refractivity contribution in [2.24, 2.45) is 0 Å². The summed E-state index contributed by atoms with van der Waals surface area (Å²) in [5, 5.41) is 19.9. The second-order valence-corrected chi connectivity index (χ2v) is 6.12. The monoisotopic (exact) mass is 345 g/mol. The first-order chi connectivity index (χ1) is 13.3. The molecular weight excluding hydrogens is 330 g/mol. The highest BCUT2D eigenvalue weighted by Crippen LogP contribution is 2.37. The maximum Gasteiger partial charge on any atom is 0.102 e. The molecule has 3 heteroatoms. The van der Waals surface area contributed by atoms with E-state index in [2.05, 4.69) is 12.1 Å². The second kappa shape index (κ2) is 7.04. The van der Waals surface area contributed by atoms with Crippen LogP contribution in [0.3, 0.4) is 0 Å². The van der Waals surface area contributed by atoms with Crippen molar-refractivity contribution in [3.63, 3.8) is 0 Å². The van der Waals surface area contributed by atoms with E-state index in [1.54, 1.807) is 0 Å². The molecule has 0 amide bonds. The third kappa shape index (κ3) is 2.88. The number of hydrogen-bond donors (Lipinski definition) is 0. The number of benzene rings is 3. The van der Waals surface area contributed by atoms with E-state index in [0.29, 0.717) is 16.8 Å². The van der Waals surface area contributed by atoms with E-state index >= 15 is 0 Å². The van der Waals surface area contributed by atoms with Crippen molar-refractivity contribution in [1.82, 2.24) is 4.57 Å². The molecule has 0 bridgehead atoms. The lowest BCUT2D eigenvalue weighted by atomic mass is 9.89. The molecule has 0 radical (unpaired) electrons. The molecule has 3 aromatic carbocycles. The molecule has 0 spiro atoms. The Morgan fingerprint density at radius 3 is 1.44 bits per heavy atom. The van der Waals surface area contributed by atoms with Gasteiger partial charge in [0, 0.05) is 23.5 Å². The van der Waals surface area contributed by atoms with E-state index < -0.39 is 0 Å². The number of aromatic nitrogens is 1. The van der Waals surface area contributed by atoms with Crippen LogP contribution in [-0.4, -0.2) is 4.57 Å². The third-order valence-corrected chi connectivity index (χ3v) is 4.56. The van der Waals surface area contributed by atoms with Gasteiger partial charge in [0.25, 0.3) is 0 Å². The van der Waals surface area contributed by atoms with Crippen molar-refractivity contribution in [3.8, 4) is 40.1 Å². The molecule has 0 N–H and O–H groups in total. The number of nitriles is 2. The summed E-state index contributed by atoms with van der Waals surface area (Å²) in [7, 11) is 0.